The molecule has 1 atom stereocenters. The van der Waals surface area contributed by atoms with E-state index >= 15 is 0 Å². The standard InChI is InChI=1S/C12H14N2O5/c1-7-3-4-9(5-11(7)14(18)19)10(6-12(16)17)13-8(2)15/h3-5,10H,6H2,1-2H3,(H,13,15)(H,16,17). The van der Waals surface area contributed by atoms with Crippen molar-refractivity contribution in [2.24, 2.45) is 0 Å². The van der Waals surface area contributed by atoms with E-state index in [-0.39, 0.29) is 12.1 Å². The van der Waals surface area contributed by atoms with E-state index in [1.807, 2.05) is 0 Å². The molecule has 1 aromatic rings. The Morgan fingerprint density at radius 3 is 2.58 bits per heavy atom. The highest BCUT2D eigenvalue weighted by Crippen LogP contribution is 2.25. The predicted molar refractivity (Wildman–Crippen MR) is 66.6 cm³/mol. The van der Waals surface area contributed by atoms with Crippen molar-refractivity contribution in [1.29, 1.82) is 0 Å². The van der Waals surface area contributed by atoms with Crippen molar-refractivity contribution in [3.05, 3.63) is 39.4 Å². The van der Waals surface area contributed by atoms with Gasteiger partial charge in [-0.15, -0.1) is 0 Å². The molecule has 0 aromatic heterocycles. The molecule has 0 aliphatic heterocycles. The normalized spacial score (nSPS) is 11.7. The first-order valence-electron chi connectivity index (χ1n) is 5.55. The molecule has 19 heavy (non-hydrogen) atoms. The number of amides is 1. The van der Waals surface area contributed by atoms with Crippen LogP contribution in [0.15, 0.2) is 18.2 Å². The minimum atomic E-state index is -1.10. The average molecular weight is 266 g/mol. The van der Waals surface area contributed by atoms with Gasteiger partial charge in [0.1, 0.15) is 0 Å². The van der Waals surface area contributed by atoms with E-state index in [1.165, 1.54) is 19.1 Å². The molecule has 2 N–H and O–H groups in total. The SMILES string of the molecule is CC(=O)NC(CC(=O)O)c1ccc(C)c([N+](=O)[O-])c1. The van der Waals surface area contributed by atoms with E-state index < -0.39 is 22.8 Å². The fourth-order valence-electron chi connectivity index (χ4n) is 1.71. The highest BCUT2D eigenvalue weighted by molar-refractivity contribution is 5.75. The summed E-state index contributed by atoms with van der Waals surface area (Å²) in [5, 5.41) is 22.1. The van der Waals surface area contributed by atoms with Crippen molar-refractivity contribution >= 4 is 17.6 Å². The highest BCUT2D eigenvalue weighted by atomic mass is 16.6. The molecule has 7 nitrogen and oxygen atoms in total. The van der Waals surface area contributed by atoms with Crippen LogP contribution in [-0.2, 0) is 9.59 Å². The number of rotatable bonds is 5. The fourth-order valence-corrected chi connectivity index (χ4v) is 1.71. The maximum atomic E-state index is 11.1. The minimum Gasteiger partial charge on any atom is -0.481 e. The molecule has 7 heteroatoms. The summed E-state index contributed by atoms with van der Waals surface area (Å²) >= 11 is 0. The fraction of sp³-hybridized carbons (Fsp3) is 0.333. The zero-order chi connectivity index (χ0) is 14.6. The van der Waals surface area contributed by atoms with Crippen molar-refractivity contribution in [3.8, 4) is 0 Å². The van der Waals surface area contributed by atoms with E-state index in [4.69, 9.17) is 5.11 Å². The Balaban J connectivity index is 3.14. The van der Waals surface area contributed by atoms with Gasteiger partial charge < -0.3 is 10.4 Å². The molecule has 0 radical (unpaired) electrons. The highest BCUT2D eigenvalue weighted by Gasteiger charge is 2.20. The van der Waals surface area contributed by atoms with Gasteiger partial charge in [0, 0.05) is 18.6 Å². The maximum absolute atomic E-state index is 11.1. The lowest BCUT2D eigenvalue weighted by Gasteiger charge is -2.16. The molecule has 0 fully saturated rings. The lowest BCUT2D eigenvalue weighted by atomic mass is 10.0. The quantitative estimate of drug-likeness (QED) is 0.620. The molecule has 0 aliphatic rings. The van der Waals surface area contributed by atoms with Gasteiger partial charge in [-0.25, -0.2) is 0 Å². The number of nitrogens with zero attached hydrogens (tertiary/aromatic N) is 1. The van der Waals surface area contributed by atoms with Gasteiger partial charge in [0.05, 0.1) is 17.4 Å². The molecule has 0 saturated carbocycles. The zero-order valence-corrected chi connectivity index (χ0v) is 10.5. The minimum absolute atomic E-state index is 0.0989. The van der Waals surface area contributed by atoms with E-state index in [0.717, 1.165) is 0 Å². The van der Waals surface area contributed by atoms with Gasteiger partial charge in [-0.1, -0.05) is 12.1 Å². The first-order valence-corrected chi connectivity index (χ1v) is 5.55. The summed E-state index contributed by atoms with van der Waals surface area (Å²) in [6.45, 7) is 2.85. The topological polar surface area (TPSA) is 110 Å². The molecule has 0 bridgehead atoms. The third-order valence-corrected chi connectivity index (χ3v) is 2.59. The van der Waals surface area contributed by atoms with Gasteiger partial charge in [-0.3, -0.25) is 19.7 Å². The first-order chi connectivity index (χ1) is 8.81. The largest absolute Gasteiger partial charge is 0.481 e. The third kappa shape index (κ3) is 4.06. The Labute approximate surface area is 109 Å². The number of carboxylic acids is 1. The van der Waals surface area contributed by atoms with Gasteiger partial charge >= 0.3 is 5.97 Å². The van der Waals surface area contributed by atoms with Crippen LogP contribution in [-0.4, -0.2) is 21.9 Å². The Bertz CT molecular complexity index is 511. The predicted octanol–water partition coefficient (Wildman–Crippen LogP) is 1.56. The van der Waals surface area contributed by atoms with Crippen LogP contribution < -0.4 is 5.32 Å². The smallest absolute Gasteiger partial charge is 0.305 e. The van der Waals surface area contributed by atoms with E-state index in [0.29, 0.717) is 11.1 Å². The van der Waals surface area contributed by atoms with Gasteiger partial charge in [-0.2, -0.15) is 0 Å². The van der Waals surface area contributed by atoms with Crippen LogP contribution in [0.2, 0.25) is 0 Å². The van der Waals surface area contributed by atoms with Gasteiger partial charge in [0.25, 0.3) is 5.69 Å². The molecule has 0 saturated heterocycles. The summed E-state index contributed by atoms with van der Waals surface area (Å²) in [4.78, 5) is 32.1. The van der Waals surface area contributed by atoms with Crippen molar-refractivity contribution in [1.82, 2.24) is 5.32 Å². The molecule has 102 valence electrons. The Morgan fingerprint density at radius 2 is 2.11 bits per heavy atom. The Hall–Kier alpha value is -2.44. The van der Waals surface area contributed by atoms with Crippen molar-refractivity contribution in [2.45, 2.75) is 26.3 Å². The molecular weight excluding hydrogens is 252 g/mol. The molecule has 0 heterocycles. The number of hydrogen-bond acceptors (Lipinski definition) is 4. The zero-order valence-electron chi connectivity index (χ0n) is 10.5. The number of carboxylic acid groups (broad SMARTS) is 1. The summed E-state index contributed by atoms with van der Waals surface area (Å²) in [5.74, 6) is -1.49. The van der Waals surface area contributed by atoms with Gasteiger partial charge in [0.2, 0.25) is 5.91 Å². The molecule has 1 unspecified atom stereocenters. The van der Waals surface area contributed by atoms with E-state index in [1.54, 1.807) is 13.0 Å². The van der Waals surface area contributed by atoms with Gasteiger partial charge in [0.15, 0.2) is 0 Å². The molecular formula is C12H14N2O5. The number of hydrogen-bond donors (Lipinski definition) is 2. The lowest BCUT2D eigenvalue weighted by Crippen LogP contribution is -2.28. The van der Waals surface area contributed by atoms with E-state index in [9.17, 15) is 19.7 Å². The number of nitro benzene ring substituents is 1. The maximum Gasteiger partial charge on any atom is 0.305 e. The van der Waals surface area contributed by atoms with Crippen LogP contribution in [0.25, 0.3) is 0 Å². The Morgan fingerprint density at radius 1 is 1.47 bits per heavy atom. The second kappa shape index (κ2) is 5.94. The van der Waals surface area contributed by atoms with Crippen LogP contribution in [0.4, 0.5) is 5.69 Å². The number of aliphatic carboxylic acids is 1. The molecule has 0 aliphatic carbocycles. The monoisotopic (exact) mass is 266 g/mol. The van der Waals surface area contributed by atoms with Crippen molar-refractivity contribution in [3.63, 3.8) is 0 Å². The second-order valence-electron chi connectivity index (χ2n) is 4.15. The third-order valence-electron chi connectivity index (χ3n) is 2.59. The van der Waals surface area contributed by atoms with E-state index in [2.05, 4.69) is 5.32 Å². The summed E-state index contributed by atoms with van der Waals surface area (Å²) in [6, 6.07) is 3.61. The number of benzene rings is 1. The molecule has 1 amide bonds. The summed E-state index contributed by atoms with van der Waals surface area (Å²) < 4.78 is 0. The van der Waals surface area contributed by atoms with Crippen LogP contribution >= 0.6 is 0 Å². The van der Waals surface area contributed by atoms with Crippen LogP contribution in [0.3, 0.4) is 0 Å². The number of aryl methyl sites for hydroxylation is 1. The number of carbonyl (C=O) groups excluding carboxylic acids is 1. The van der Waals surface area contributed by atoms with Crippen molar-refractivity contribution < 1.29 is 19.6 Å². The number of nitro groups is 1. The van der Waals surface area contributed by atoms with Crippen molar-refractivity contribution in [2.75, 3.05) is 0 Å². The van der Waals surface area contributed by atoms with Crippen LogP contribution in [0.1, 0.15) is 30.5 Å². The summed E-state index contributed by atoms with van der Waals surface area (Å²) in [6.07, 6.45) is -0.334. The number of nitrogens with one attached hydrogen (secondary N) is 1. The van der Waals surface area contributed by atoms with Crippen LogP contribution in [0.5, 0.6) is 0 Å². The molecule has 1 aromatic carbocycles. The first kappa shape index (κ1) is 14.6. The summed E-state index contributed by atoms with van der Waals surface area (Å²) in [7, 11) is 0. The van der Waals surface area contributed by atoms with Gasteiger partial charge in [-0.05, 0) is 12.5 Å². The average Bonchev–Trinajstić information content (AvgIpc) is 2.27. The molecule has 1 rings (SSSR count). The Kier molecular flexibility index (Phi) is 4.57. The number of carbonyl (C=O) groups is 2. The lowest BCUT2D eigenvalue weighted by molar-refractivity contribution is -0.385. The van der Waals surface area contributed by atoms with Crippen LogP contribution in [0, 0.1) is 17.0 Å². The second-order valence-corrected chi connectivity index (χ2v) is 4.15. The molecule has 0 spiro atoms. The summed E-state index contributed by atoms with van der Waals surface area (Å²) in [5.41, 5.74) is 0.777.